The van der Waals surface area contributed by atoms with Crippen LogP contribution in [-0.2, 0) is 25.7 Å². The van der Waals surface area contributed by atoms with Crippen LogP contribution in [-0.4, -0.2) is 0 Å². The van der Waals surface area contributed by atoms with Gasteiger partial charge in [-0.15, -0.1) is 0 Å². The molecule has 0 spiro atoms. The Balaban J connectivity index is 1.60. The maximum absolute atomic E-state index is 2.44. The molecule has 0 saturated heterocycles. The molecule has 0 radical (unpaired) electrons. The van der Waals surface area contributed by atoms with Gasteiger partial charge in [0.25, 0.3) is 0 Å². The highest BCUT2D eigenvalue weighted by Crippen LogP contribution is 2.32. The van der Waals surface area contributed by atoms with Gasteiger partial charge >= 0.3 is 0 Å². The zero-order valence-corrected chi connectivity index (χ0v) is 15.3. The van der Waals surface area contributed by atoms with Crippen LogP contribution in [0, 0.1) is 13.8 Å². The molecular weight excluding hydrogens is 288 g/mol. The lowest BCUT2D eigenvalue weighted by Gasteiger charge is -2.14. The van der Waals surface area contributed by atoms with E-state index in [0.29, 0.717) is 0 Å². The van der Waals surface area contributed by atoms with E-state index in [1.165, 1.54) is 55.7 Å². The van der Waals surface area contributed by atoms with E-state index in [9.17, 15) is 0 Å². The van der Waals surface area contributed by atoms with Crippen LogP contribution in [0.15, 0.2) is 36.4 Å². The fourth-order valence-corrected chi connectivity index (χ4v) is 4.25. The highest BCUT2D eigenvalue weighted by molar-refractivity contribution is 5.73. The average molecular weight is 314 g/mol. The van der Waals surface area contributed by atoms with Gasteiger partial charge in [0.05, 0.1) is 0 Å². The van der Waals surface area contributed by atoms with E-state index in [2.05, 4.69) is 64.1 Å². The van der Waals surface area contributed by atoms with E-state index in [-0.39, 0.29) is 0 Å². The Morgan fingerprint density at radius 3 is 1.46 bits per heavy atom. The van der Waals surface area contributed by atoms with E-state index >= 15 is 0 Å². The first-order valence-electron chi connectivity index (χ1n) is 9.12. The molecule has 0 nitrogen and oxygen atoms in total. The van der Waals surface area contributed by atoms with Gasteiger partial charge in [-0.25, -0.2) is 0 Å². The van der Waals surface area contributed by atoms with Crippen molar-refractivity contribution in [1.29, 1.82) is 0 Å². The molecule has 24 heavy (non-hydrogen) atoms. The minimum absolute atomic E-state index is 1.11. The first-order chi connectivity index (χ1) is 11.5. The summed E-state index contributed by atoms with van der Waals surface area (Å²) in [5.41, 5.74) is 14.8. The van der Waals surface area contributed by atoms with Crippen molar-refractivity contribution in [2.75, 3.05) is 0 Å². The van der Waals surface area contributed by atoms with Crippen molar-refractivity contribution in [3.63, 3.8) is 0 Å². The zero-order chi connectivity index (χ0) is 16.8. The molecule has 2 aromatic carbocycles. The predicted octanol–water partition coefficient (Wildman–Crippen LogP) is 6.01. The minimum atomic E-state index is 1.11. The molecule has 0 saturated carbocycles. The van der Waals surface area contributed by atoms with Gasteiger partial charge in [0.2, 0.25) is 0 Å². The number of benzene rings is 2. The third-order valence-electron chi connectivity index (χ3n) is 5.89. The van der Waals surface area contributed by atoms with E-state index in [0.717, 1.165) is 25.7 Å². The van der Waals surface area contributed by atoms with Crippen molar-refractivity contribution < 1.29 is 0 Å². The first kappa shape index (κ1) is 15.4. The molecule has 0 heterocycles. The fourth-order valence-electron chi connectivity index (χ4n) is 4.25. The Kier molecular flexibility index (Phi) is 3.72. The molecule has 4 rings (SSSR count). The van der Waals surface area contributed by atoms with Gasteiger partial charge in [-0.1, -0.05) is 36.4 Å². The molecular formula is C24H26. The molecule has 2 aliphatic rings. The largest absolute Gasteiger partial charge is 0.0766 e. The number of rotatable bonds is 3. The van der Waals surface area contributed by atoms with Crippen molar-refractivity contribution in [1.82, 2.24) is 0 Å². The quantitative estimate of drug-likeness (QED) is 0.651. The fraction of sp³-hybridized carbons (Fsp3) is 0.333. The Morgan fingerprint density at radius 2 is 1.04 bits per heavy atom. The molecule has 0 amide bonds. The van der Waals surface area contributed by atoms with E-state index in [1.54, 1.807) is 0 Å². The van der Waals surface area contributed by atoms with Crippen LogP contribution >= 0.6 is 0 Å². The van der Waals surface area contributed by atoms with Crippen LogP contribution in [0.4, 0.5) is 0 Å². The lowest BCUT2D eigenvalue weighted by Crippen LogP contribution is -2.00. The molecule has 0 aliphatic heterocycles. The Labute approximate surface area is 145 Å². The summed E-state index contributed by atoms with van der Waals surface area (Å²) in [6.45, 7) is 9.02. The third-order valence-corrected chi connectivity index (χ3v) is 5.89. The number of allylic oxidation sites excluding steroid dienone is 4. The van der Waals surface area contributed by atoms with Crippen LogP contribution in [0.25, 0.3) is 11.1 Å². The summed E-state index contributed by atoms with van der Waals surface area (Å²) < 4.78 is 0. The molecule has 0 fully saturated rings. The highest BCUT2D eigenvalue weighted by atomic mass is 14.2. The Hall–Kier alpha value is -2.08. The summed E-state index contributed by atoms with van der Waals surface area (Å²) in [5.74, 6) is 0. The van der Waals surface area contributed by atoms with E-state index < -0.39 is 0 Å². The lowest BCUT2D eigenvalue weighted by molar-refractivity contribution is 0.934. The van der Waals surface area contributed by atoms with Gasteiger partial charge in [-0.3, -0.25) is 0 Å². The van der Waals surface area contributed by atoms with Gasteiger partial charge in [0, 0.05) is 0 Å². The van der Waals surface area contributed by atoms with E-state index in [1.807, 2.05) is 0 Å². The van der Waals surface area contributed by atoms with Gasteiger partial charge in [0.1, 0.15) is 0 Å². The van der Waals surface area contributed by atoms with Crippen molar-refractivity contribution in [3.05, 3.63) is 80.9 Å². The average Bonchev–Trinajstić information content (AvgIpc) is 3.08. The van der Waals surface area contributed by atoms with Gasteiger partial charge in [-0.2, -0.15) is 0 Å². The number of fused-ring (bicyclic) bond motifs is 2. The zero-order valence-electron chi connectivity index (χ0n) is 15.3. The summed E-state index contributed by atoms with van der Waals surface area (Å²) >= 11 is 0. The molecule has 0 heteroatoms. The SMILES string of the molecule is CC1=CCc2cc(C)c(CCc3cc4c(cc3C)CC=C4C)cc21. The van der Waals surface area contributed by atoms with Crippen molar-refractivity contribution >= 4 is 11.1 Å². The Bertz CT molecular complexity index is 815. The molecule has 0 unspecified atom stereocenters. The summed E-state index contributed by atoms with van der Waals surface area (Å²) in [7, 11) is 0. The molecule has 0 aromatic heterocycles. The third kappa shape index (κ3) is 2.55. The standard InChI is InChI=1S/C24H26/c1-15-5-7-21-11-17(3)19(13-23(15)21)9-10-20-14-24-16(2)6-8-22(24)12-18(20)4/h5-6,11-14H,7-10H2,1-4H3. The minimum Gasteiger partial charge on any atom is -0.0766 e. The van der Waals surface area contributed by atoms with Gasteiger partial charge < -0.3 is 0 Å². The van der Waals surface area contributed by atoms with Gasteiger partial charge in [-0.05, 0) is 109 Å². The second-order valence-corrected chi connectivity index (χ2v) is 7.55. The number of hydrogen-bond acceptors (Lipinski definition) is 0. The van der Waals surface area contributed by atoms with Crippen LogP contribution in [0.2, 0.25) is 0 Å². The summed E-state index contributed by atoms with van der Waals surface area (Å²) in [4.78, 5) is 0. The normalized spacial score (nSPS) is 15.2. The van der Waals surface area contributed by atoms with Crippen LogP contribution in [0.3, 0.4) is 0 Å². The summed E-state index contributed by atoms with van der Waals surface area (Å²) in [6, 6.07) is 9.69. The maximum atomic E-state index is 2.44. The number of aryl methyl sites for hydroxylation is 4. The van der Waals surface area contributed by atoms with E-state index in [4.69, 9.17) is 0 Å². The first-order valence-corrected chi connectivity index (χ1v) is 9.12. The van der Waals surface area contributed by atoms with Crippen molar-refractivity contribution in [3.8, 4) is 0 Å². The highest BCUT2D eigenvalue weighted by Gasteiger charge is 2.15. The molecule has 0 N–H and O–H groups in total. The molecule has 2 aromatic rings. The van der Waals surface area contributed by atoms with Crippen molar-refractivity contribution in [2.45, 2.75) is 53.4 Å². The molecule has 2 aliphatic carbocycles. The maximum Gasteiger partial charge on any atom is -0.00854 e. The second-order valence-electron chi connectivity index (χ2n) is 7.55. The molecule has 122 valence electrons. The van der Waals surface area contributed by atoms with Crippen molar-refractivity contribution in [2.24, 2.45) is 0 Å². The molecule has 0 atom stereocenters. The second kappa shape index (κ2) is 5.77. The summed E-state index contributed by atoms with van der Waals surface area (Å²) in [6.07, 6.45) is 9.19. The summed E-state index contributed by atoms with van der Waals surface area (Å²) in [5, 5.41) is 0. The smallest absolute Gasteiger partial charge is 0.00854 e. The lowest BCUT2D eigenvalue weighted by atomic mass is 9.91. The van der Waals surface area contributed by atoms with Crippen LogP contribution < -0.4 is 0 Å². The Morgan fingerprint density at radius 1 is 0.625 bits per heavy atom. The predicted molar refractivity (Wildman–Crippen MR) is 104 cm³/mol. The molecule has 0 bridgehead atoms. The van der Waals surface area contributed by atoms with Gasteiger partial charge in [0.15, 0.2) is 0 Å². The van der Waals surface area contributed by atoms with Crippen LogP contribution in [0.1, 0.15) is 58.4 Å². The number of hydrogen-bond donors (Lipinski definition) is 0. The monoisotopic (exact) mass is 314 g/mol. The topological polar surface area (TPSA) is 0 Å². The van der Waals surface area contributed by atoms with Crippen LogP contribution in [0.5, 0.6) is 0 Å².